The van der Waals surface area contributed by atoms with E-state index in [0.717, 1.165) is 0 Å². The number of aromatic amines is 1. The maximum absolute atomic E-state index is 12.6. The van der Waals surface area contributed by atoms with Crippen molar-refractivity contribution >= 4 is 23.7 Å². The van der Waals surface area contributed by atoms with Gasteiger partial charge in [-0.15, -0.1) is 0 Å². The molecule has 0 aromatic carbocycles. The van der Waals surface area contributed by atoms with Gasteiger partial charge in [0.25, 0.3) is 0 Å². The molecular weight excluding hydrogens is 398 g/mol. The molecule has 0 aliphatic heterocycles. The Labute approximate surface area is 173 Å². The molecule has 0 bridgehead atoms. The predicted octanol–water partition coefficient (Wildman–Crippen LogP) is -3.43. The molecule has 168 valence electrons. The lowest BCUT2D eigenvalue weighted by Gasteiger charge is -2.23. The minimum atomic E-state index is -1.41. The van der Waals surface area contributed by atoms with Gasteiger partial charge in [0.15, 0.2) is 0 Å². The van der Waals surface area contributed by atoms with E-state index < -0.39 is 48.4 Å². The average molecular weight is 427 g/mol. The Morgan fingerprint density at radius 3 is 2.23 bits per heavy atom. The first kappa shape index (κ1) is 25.0. The van der Waals surface area contributed by atoms with E-state index in [1.54, 1.807) is 0 Å². The van der Waals surface area contributed by atoms with Crippen LogP contribution in [0.2, 0.25) is 0 Å². The molecule has 0 radical (unpaired) electrons. The monoisotopic (exact) mass is 427 g/mol. The fourth-order valence-electron chi connectivity index (χ4n) is 2.57. The second kappa shape index (κ2) is 13.2. The van der Waals surface area contributed by atoms with Crippen LogP contribution in [0, 0.1) is 0 Å². The van der Waals surface area contributed by atoms with Crippen molar-refractivity contribution in [2.75, 3.05) is 19.7 Å². The quantitative estimate of drug-likeness (QED) is 0.138. The molecule has 3 amide bonds. The van der Waals surface area contributed by atoms with Gasteiger partial charge in [-0.25, -0.2) is 9.78 Å². The van der Waals surface area contributed by atoms with Gasteiger partial charge in [-0.3, -0.25) is 14.4 Å². The summed E-state index contributed by atoms with van der Waals surface area (Å²) in [4.78, 5) is 54.6. The number of aromatic nitrogens is 2. The van der Waals surface area contributed by atoms with Gasteiger partial charge in [-0.05, 0) is 25.8 Å². The number of carboxylic acid groups (broad SMARTS) is 1. The van der Waals surface area contributed by atoms with Crippen LogP contribution in [0.4, 0.5) is 0 Å². The number of H-pyrrole nitrogens is 1. The van der Waals surface area contributed by atoms with Crippen molar-refractivity contribution in [2.24, 2.45) is 11.5 Å². The van der Waals surface area contributed by atoms with E-state index in [1.165, 1.54) is 12.5 Å². The van der Waals surface area contributed by atoms with Crippen LogP contribution < -0.4 is 27.4 Å². The smallest absolute Gasteiger partial charge is 0.326 e. The number of nitrogens with zero attached hydrogens (tertiary/aromatic N) is 1. The van der Waals surface area contributed by atoms with Gasteiger partial charge in [0.2, 0.25) is 17.7 Å². The van der Waals surface area contributed by atoms with Gasteiger partial charge in [-0.1, -0.05) is 0 Å². The maximum Gasteiger partial charge on any atom is 0.326 e. The Kier molecular flexibility index (Phi) is 11.0. The highest BCUT2D eigenvalue weighted by molar-refractivity contribution is 5.93. The number of aliphatic hydroxyl groups is 1. The summed E-state index contributed by atoms with van der Waals surface area (Å²) in [6, 6.07) is -3.69. The molecule has 0 fully saturated rings. The third kappa shape index (κ3) is 8.55. The Bertz CT molecular complexity index is 697. The first-order valence-corrected chi connectivity index (χ1v) is 9.43. The number of nitrogens with two attached hydrogens (primary N) is 2. The Morgan fingerprint density at radius 2 is 1.70 bits per heavy atom. The number of aliphatic hydroxyl groups excluding tert-OH is 1. The molecule has 0 saturated carbocycles. The summed E-state index contributed by atoms with van der Waals surface area (Å²) in [5.41, 5.74) is 11.2. The highest BCUT2D eigenvalue weighted by atomic mass is 16.4. The van der Waals surface area contributed by atoms with Crippen LogP contribution >= 0.6 is 0 Å². The summed E-state index contributed by atoms with van der Waals surface area (Å²) in [5.74, 6) is -3.45. The van der Waals surface area contributed by atoms with Crippen molar-refractivity contribution in [3.63, 3.8) is 0 Å². The van der Waals surface area contributed by atoms with Gasteiger partial charge < -0.3 is 42.6 Å². The second-order valence-corrected chi connectivity index (χ2v) is 6.53. The zero-order valence-corrected chi connectivity index (χ0v) is 16.5. The number of rotatable bonds is 14. The summed E-state index contributed by atoms with van der Waals surface area (Å²) in [7, 11) is 0. The van der Waals surface area contributed by atoms with Crippen molar-refractivity contribution < 1.29 is 29.4 Å². The van der Waals surface area contributed by atoms with E-state index in [0.29, 0.717) is 25.1 Å². The van der Waals surface area contributed by atoms with E-state index in [-0.39, 0.29) is 19.4 Å². The van der Waals surface area contributed by atoms with Crippen molar-refractivity contribution in [3.05, 3.63) is 18.2 Å². The van der Waals surface area contributed by atoms with Crippen molar-refractivity contribution in [1.29, 1.82) is 0 Å². The SMILES string of the molecule is NCCCCC(NC(=O)C(CO)NC(=O)C(Cc1cnc[nH]1)NC(=O)CN)C(=O)O. The Balaban J connectivity index is 2.78. The molecule has 1 aromatic rings. The molecule has 0 aliphatic carbocycles. The van der Waals surface area contributed by atoms with Crippen LogP contribution in [0.5, 0.6) is 0 Å². The van der Waals surface area contributed by atoms with Crippen molar-refractivity contribution in [3.8, 4) is 0 Å². The summed E-state index contributed by atoms with van der Waals surface area (Å²) < 4.78 is 0. The minimum absolute atomic E-state index is 0.0359. The number of hydrogen-bond acceptors (Lipinski definition) is 8. The number of carbonyl (C=O) groups is 4. The van der Waals surface area contributed by atoms with Gasteiger partial charge in [0.05, 0.1) is 19.5 Å². The Hall–Kier alpha value is -3.03. The predicted molar refractivity (Wildman–Crippen MR) is 105 cm³/mol. The van der Waals surface area contributed by atoms with Crippen LogP contribution in [-0.4, -0.2) is 81.7 Å². The lowest BCUT2D eigenvalue weighted by molar-refractivity contribution is -0.142. The number of carbonyl (C=O) groups excluding carboxylic acids is 3. The summed E-state index contributed by atoms with van der Waals surface area (Å²) >= 11 is 0. The molecule has 3 atom stereocenters. The molecule has 10 N–H and O–H groups in total. The standard InChI is InChI=1S/C17H29N7O6/c18-4-2-1-3-11(17(29)30)23-16(28)13(8-25)24-15(27)12(22-14(26)6-19)5-10-7-20-9-21-10/h7,9,11-13,25H,1-6,8,18-19H2,(H,20,21)(H,22,26)(H,23,28)(H,24,27)(H,29,30). The largest absolute Gasteiger partial charge is 0.480 e. The first-order valence-electron chi connectivity index (χ1n) is 9.43. The van der Waals surface area contributed by atoms with Gasteiger partial charge in [0, 0.05) is 18.3 Å². The zero-order chi connectivity index (χ0) is 22.5. The number of hydrogen-bond donors (Lipinski definition) is 8. The van der Waals surface area contributed by atoms with E-state index in [1.807, 2.05) is 0 Å². The van der Waals surface area contributed by atoms with E-state index in [2.05, 4.69) is 25.9 Å². The third-order valence-electron chi connectivity index (χ3n) is 4.19. The van der Waals surface area contributed by atoms with E-state index in [9.17, 15) is 29.4 Å². The van der Waals surface area contributed by atoms with Crippen LogP contribution in [0.3, 0.4) is 0 Å². The fraction of sp³-hybridized carbons (Fsp3) is 0.588. The summed E-state index contributed by atoms with van der Waals surface area (Å²) in [6.45, 7) is -0.726. The molecule has 30 heavy (non-hydrogen) atoms. The molecule has 0 aliphatic rings. The molecule has 0 saturated heterocycles. The second-order valence-electron chi connectivity index (χ2n) is 6.53. The number of carboxylic acids is 1. The van der Waals surface area contributed by atoms with Crippen LogP contribution in [0.15, 0.2) is 12.5 Å². The minimum Gasteiger partial charge on any atom is -0.480 e. The lowest BCUT2D eigenvalue weighted by Crippen LogP contribution is -2.57. The number of nitrogens with one attached hydrogen (secondary N) is 4. The topological polar surface area (TPSA) is 226 Å². The number of imidazole rings is 1. The number of aliphatic carboxylic acids is 1. The lowest BCUT2D eigenvalue weighted by atomic mass is 10.1. The Morgan fingerprint density at radius 1 is 1.03 bits per heavy atom. The molecule has 13 nitrogen and oxygen atoms in total. The van der Waals surface area contributed by atoms with Crippen LogP contribution in [0.25, 0.3) is 0 Å². The fourth-order valence-corrected chi connectivity index (χ4v) is 2.57. The molecule has 13 heteroatoms. The van der Waals surface area contributed by atoms with Crippen LogP contribution in [-0.2, 0) is 25.6 Å². The highest BCUT2D eigenvalue weighted by Crippen LogP contribution is 2.03. The molecular formula is C17H29N7O6. The molecule has 1 heterocycles. The molecule has 1 aromatic heterocycles. The average Bonchev–Trinajstić information content (AvgIpc) is 3.23. The number of unbranched alkanes of at least 4 members (excludes halogenated alkanes) is 1. The van der Waals surface area contributed by atoms with Crippen LogP contribution in [0.1, 0.15) is 25.0 Å². The highest BCUT2D eigenvalue weighted by Gasteiger charge is 2.29. The van der Waals surface area contributed by atoms with Crippen molar-refractivity contribution in [1.82, 2.24) is 25.9 Å². The molecule has 0 spiro atoms. The third-order valence-corrected chi connectivity index (χ3v) is 4.19. The maximum atomic E-state index is 12.6. The first-order chi connectivity index (χ1) is 14.3. The van der Waals surface area contributed by atoms with Crippen molar-refractivity contribution in [2.45, 2.75) is 43.8 Å². The zero-order valence-electron chi connectivity index (χ0n) is 16.5. The van der Waals surface area contributed by atoms with E-state index in [4.69, 9.17) is 11.5 Å². The van der Waals surface area contributed by atoms with Gasteiger partial charge >= 0.3 is 5.97 Å². The summed E-state index contributed by atoms with van der Waals surface area (Å²) in [5, 5.41) is 25.8. The van der Waals surface area contributed by atoms with E-state index >= 15 is 0 Å². The van der Waals surface area contributed by atoms with Gasteiger partial charge in [-0.2, -0.15) is 0 Å². The molecule has 1 rings (SSSR count). The number of amides is 3. The summed E-state index contributed by atoms with van der Waals surface area (Å²) in [6.07, 6.45) is 4.13. The molecule has 3 unspecified atom stereocenters. The van der Waals surface area contributed by atoms with Gasteiger partial charge in [0.1, 0.15) is 18.1 Å². The normalized spacial score (nSPS) is 13.7.